The van der Waals surface area contributed by atoms with Gasteiger partial charge in [0.25, 0.3) is 5.91 Å². The molecule has 3 rings (SSSR count). The van der Waals surface area contributed by atoms with Crippen molar-refractivity contribution in [3.63, 3.8) is 0 Å². The molecule has 0 spiro atoms. The van der Waals surface area contributed by atoms with Gasteiger partial charge in [-0.15, -0.1) is 0 Å². The van der Waals surface area contributed by atoms with E-state index in [1.165, 1.54) is 0 Å². The number of rotatable bonds is 3. The smallest absolute Gasteiger partial charge is 0.289 e. The maximum Gasteiger partial charge on any atom is 0.289 e. The first-order valence-electron chi connectivity index (χ1n) is 7.46. The molecule has 0 saturated carbocycles. The second kappa shape index (κ2) is 6.85. The minimum atomic E-state index is -0.672. The first-order valence-corrected chi connectivity index (χ1v) is 7.46. The number of carbonyl (C=O) groups is 1. The number of benzene rings is 1. The quantitative estimate of drug-likeness (QED) is 0.934. The van der Waals surface area contributed by atoms with Gasteiger partial charge < -0.3 is 23.9 Å². The van der Waals surface area contributed by atoms with Gasteiger partial charge in [-0.25, -0.2) is 0 Å². The molecule has 1 N–H and O–H groups in total. The number of aliphatic hydroxyl groups is 1. The average molecular weight is 317 g/mol. The van der Waals surface area contributed by atoms with E-state index >= 15 is 0 Å². The highest BCUT2D eigenvalue weighted by molar-refractivity contribution is 5.92. The molecule has 2 heterocycles. The second-order valence-electron chi connectivity index (χ2n) is 5.38. The molecule has 1 fully saturated rings. The van der Waals surface area contributed by atoms with Crippen molar-refractivity contribution in [3.8, 4) is 17.1 Å². The highest BCUT2D eigenvalue weighted by atomic mass is 16.5. The van der Waals surface area contributed by atoms with E-state index in [4.69, 9.17) is 13.9 Å². The van der Waals surface area contributed by atoms with E-state index in [2.05, 4.69) is 0 Å². The predicted octanol–water partition coefficient (Wildman–Crippen LogP) is 1.79. The summed E-state index contributed by atoms with van der Waals surface area (Å²) in [5.74, 6) is 1.32. The van der Waals surface area contributed by atoms with Crippen LogP contribution >= 0.6 is 0 Å². The standard InChI is InChI=1S/C17H19NO5/c1-21-14-4-2-3-12(9-14)15-5-6-16(23-15)17(20)18-7-8-22-11-13(19)10-18/h2-6,9,13,19H,7-8,10-11H2,1H3/t13-/m1/s1. The summed E-state index contributed by atoms with van der Waals surface area (Å²) in [6, 6.07) is 10.8. The van der Waals surface area contributed by atoms with Gasteiger partial charge in [0.1, 0.15) is 11.5 Å². The summed E-state index contributed by atoms with van der Waals surface area (Å²) >= 11 is 0. The van der Waals surface area contributed by atoms with E-state index < -0.39 is 6.10 Å². The van der Waals surface area contributed by atoms with E-state index in [1.807, 2.05) is 24.3 Å². The Morgan fingerprint density at radius 1 is 1.35 bits per heavy atom. The van der Waals surface area contributed by atoms with Crippen LogP contribution in [0.3, 0.4) is 0 Å². The molecule has 0 radical (unpaired) electrons. The number of β-amino-alcohol motifs (C(OH)–C–C–N with tert-alkyl or cyclic N) is 1. The van der Waals surface area contributed by atoms with Gasteiger partial charge in [0.2, 0.25) is 0 Å². The van der Waals surface area contributed by atoms with E-state index in [0.29, 0.717) is 18.9 Å². The number of hydrogen-bond acceptors (Lipinski definition) is 5. The third kappa shape index (κ3) is 3.55. The van der Waals surface area contributed by atoms with Gasteiger partial charge in [-0.05, 0) is 24.3 Å². The SMILES string of the molecule is COc1cccc(-c2ccc(C(=O)N3CCOC[C@H](O)C3)o2)c1. The minimum absolute atomic E-state index is 0.244. The van der Waals surface area contributed by atoms with E-state index in [-0.39, 0.29) is 24.8 Å². The van der Waals surface area contributed by atoms with Crippen LogP contribution < -0.4 is 4.74 Å². The van der Waals surface area contributed by atoms with Crippen LogP contribution in [0.1, 0.15) is 10.6 Å². The van der Waals surface area contributed by atoms with Crippen molar-refractivity contribution in [1.82, 2.24) is 4.90 Å². The summed E-state index contributed by atoms with van der Waals surface area (Å²) in [6.07, 6.45) is -0.672. The van der Waals surface area contributed by atoms with Crippen LogP contribution in [-0.2, 0) is 4.74 Å². The van der Waals surface area contributed by atoms with E-state index in [9.17, 15) is 9.90 Å². The summed E-state index contributed by atoms with van der Waals surface area (Å²) in [4.78, 5) is 14.1. The van der Waals surface area contributed by atoms with Gasteiger partial charge in [-0.2, -0.15) is 0 Å². The van der Waals surface area contributed by atoms with Gasteiger partial charge in [-0.1, -0.05) is 12.1 Å². The summed E-state index contributed by atoms with van der Waals surface area (Å²) in [6.45, 7) is 1.34. The Morgan fingerprint density at radius 2 is 2.22 bits per heavy atom. The molecule has 23 heavy (non-hydrogen) atoms. The van der Waals surface area contributed by atoms with Crippen molar-refractivity contribution in [3.05, 3.63) is 42.2 Å². The minimum Gasteiger partial charge on any atom is -0.497 e. The Morgan fingerprint density at radius 3 is 3.04 bits per heavy atom. The van der Waals surface area contributed by atoms with Crippen LogP contribution in [0.4, 0.5) is 0 Å². The fourth-order valence-corrected chi connectivity index (χ4v) is 2.52. The van der Waals surface area contributed by atoms with Crippen molar-refractivity contribution in [1.29, 1.82) is 0 Å². The molecular formula is C17H19NO5. The number of amides is 1. The molecule has 6 nitrogen and oxygen atoms in total. The molecule has 1 amide bonds. The Kier molecular flexibility index (Phi) is 4.64. The average Bonchev–Trinajstić information content (AvgIpc) is 2.97. The molecule has 1 saturated heterocycles. The van der Waals surface area contributed by atoms with Crippen LogP contribution in [0.5, 0.6) is 5.75 Å². The van der Waals surface area contributed by atoms with Gasteiger partial charge in [-0.3, -0.25) is 4.79 Å². The number of furan rings is 1. The third-order valence-electron chi connectivity index (χ3n) is 3.71. The zero-order valence-electron chi connectivity index (χ0n) is 12.9. The molecule has 1 aromatic carbocycles. The number of aliphatic hydroxyl groups excluding tert-OH is 1. The molecule has 1 atom stereocenters. The Bertz CT molecular complexity index is 681. The molecule has 0 aliphatic carbocycles. The van der Waals surface area contributed by atoms with Crippen LogP contribution in [0.2, 0.25) is 0 Å². The molecule has 2 aromatic rings. The van der Waals surface area contributed by atoms with Gasteiger partial charge >= 0.3 is 0 Å². The first kappa shape index (κ1) is 15.6. The lowest BCUT2D eigenvalue weighted by atomic mass is 10.2. The number of hydrogen-bond donors (Lipinski definition) is 1. The third-order valence-corrected chi connectivity index (χ3v) is 3.71. The van der Waals surface area contributed by atoms with E-state index in [0.717, 1.165) is 11.3 Å². The maximum atomic E-state index is 12.5. The fourth-order valence-electron chi connectivity index (χ4n) is 2.52. The van der Waals surface area contributed by atoms with Crippen molar-refractivity contribution >= 4 is 5.91 Å². The Labute approximate surface area is 134 Å². The van der Waals surface area contributed by atoms with Crippen molar-refractivity contribution in [2.45, 2.75) is 6.10 Å². The topological polar surface area (TPSA) is 72.1 Å². The summed E-state index contributed by atoms with van der Waals surface area (Å²) in [7, 11) is 1.60. The number of carbonyl (C=O) groups excluding carboxylic acids is 1. The number of methoxy groups -OCH3 is 1. The van der Waals surface area contributed by atoms with Crippen LogP contribution in [0, 0.1) is 0 Å². The second-order valence-corrected chi connectivity index (χ2v) is 5.38. The van der Waals surface area contributed by atoms with E-state index in [1.54, 1.807) is 24.1 Å². The Hall–Kier alpha value is -2.31. The largest absolute Gasteiger partial charge is 0.497 e. The predicted molar refractivity (Wildman–Crippen MR) is 83.4 cm³/mol. The normalized spacial score (nSPS) is 18.5. The van der Waals surface area contributed by atoms with Crippen molar-refractivity contribution in [2.75, 3.05) is 33.4 Å². The molecule has 0 unspecified atom stereocenters. The lowest BCUT2D eigenvalue weighted by molar-refractivity contribution is 0.0526. The fraction of sp³-hybridized carbons (Fsp3) is 0.353. The molecule has 1 aliphatic rings. The van der Waals surface area contributed by atoms with Crippen LogP contribution in [0.25, 0.3) is 11.3 Å². The molecule has 0 bridgehead atoms. The molecule has 122 valence electrons. The zero-order valence-corrected chi connectivity index (χ0v) is 12.9. The summed E-state index contributed by atoms with van der Waals surface area (Å²) in [5, 5.41) is 9.73. The Balaban J connectivity index is 1.79. The van der Waals surface area contributed by atoms with Gasteiger partial charge in [0, 0.05) is 18.7 Å². The molecular weight excluding hydrogens is 298 g/mol. The summed E-state index contributed by atoms with van der Waals surface area (Å²) < 4.78 is 16.1. The lowest BCUT2D eigenvalue weighted by Crippen LogP contribution is -2.37. The molecule has 1 aromatic heterocycles. The summed E-state index contributed by atoms with van der Waals surface area (Å²) in [5.41, 5.74) is 0.836. The highest BCUT2D eigenvalue weighted by Gasteiger charge is 2.24. The molecule has 6 heteroatoms. The number of nitrogens with zero attached hydrogens (tertiary/aromatic N) is 1. The lowest BCUT2D eigenvalue weighted by Gasteiger charge is -2.19. The maximum absolute atomic E-state index is 12.5. The first-order chi connectivity index (χ1) is 11.2. The zero-order chi connectivity index (χ0) is 16.2. The van der Waals surface area contributed by atoms with Gasteiger partial charge in [0.05, 0.1) is 26.4 Å². The van der Waals surface area contributed by atoms with Gasteiger partial charge in [0.15, 0.2) is 5.76 Å². The van der Waals surface area contributed by atoms with Crippen molar-refractivity contribution in [2.24, 2.45) is 0 Å². The van der Waals surface area contributed by atoms with Crippen LogP contribution in [-0.4, -0.2) is 55.4 Å². The highest BCUT2D eigenvalue weighted by Crippen LogP contribution is 2.26. The molecule has 1 aliphatic heterocycles. The van der Waals surface area contributed by atoms with Crippen LogP contribution in [0.15, 0.2) is 40.8 Å². The number of ether oxygens (including phenoxy) is 2. The van der Waals surface area contributed by atoms with Crippen molar-refractivity contribution < 1.29 is 23.8 Å². The monoisotopic (exact) mass is 317 g/mol.